The number of aryl methyl sites for hydroxylation is 2. The van der Waals surface area contributed by atoms with E-state index < -0.39 is 5.69 Å². The van der Waals surface area contributed by atoms with E-state index in [1.807, 2.05) is 6.92 Å². The molecule has 0 aliphatic heterocycles. The van der Waals surface area contributed by atoms with E-state index in [4.69, 9.17) is 0 Å². The number of hydrogen-bond donors (Lipinski definition) is 1. The van der Waals surface area contributed by atoms with Gasteiger partial charge in [0.25, 0.3) is 5.56 Å². The summed E-state index contributed by atoms with van der Waals surface area (Å²) in [5.41, 5.74) is 1.25. The van der Waals surface area contributed by atoms with Crippen molar-refractivity contribution in [3.8, 4) is 0 Å². The number of rotatable bonds is 0. The van der Waals surface area contributed by atoms with E-state index >= 15 is 0 Å². The first kappa shape index (κ1) is 9.64. The summed E-state index contributed by atoms with van der Waals surface area (Å²) in [5, 5.41) is 0.502. The van der Waals surface area contributed by atoms with Gasteiger partial charge in [0.15, 0.2) is 0 Å². The monoisotopic (exact) mass is 205 g/mol. The Bertz CT molecular complexity index is 652. The van der Waals surface area contributed by atoms with Crippen molar-refractivity contribution in [1.82, 2.24) is 14.5 Å². The summed E-state index contributed by atoms with van der Waals surface area (Å²) in [6, 6.07) is 1.68. The molecule has 2 heterocycles. The van der Waals surface area contributed by atoms with Crippen LogP contribution in [0.4, 0.5) is 0 Å². The molecule has 5 heteroatoms. The van der Waals surface area contributed by atoms with Gasteiger partial charge < -0.3 is 4.98 Å². The van der Waals surface area contributed by atoms with Gasteiger partial charge >= 0.3 is 5.69 Å². The summed E-state index contributed by atoms with van der Waals surface area (Å²) >= 11 is 0. The van der Waals surface area contributed by atoms with Crippen LogP contribution in [0.25, 0.3) is 10.9 Å². The highest BCUT2D eigenvalue weighted by Gasteiger charge is 2.07. The first-order valence-electron chi connectivity index (χ1n) is 4.58. The number of pyridine rings is 1. The SMILES string of the molecule is Cc1cc2c(=O)n(C)c(=O)[nH]c2c(C)n1. The number of hydrogen-bond acceptors (Lipinski definition) is 3. The van der Waals surface area contributed by atoms with Crippen molar-refractivity contribution in [3.63, 3.8) is 0 Å². The van der Waals surface area contributed by atoms with E-state index in [2.05, 4.69) is 9.97 Å². The van der Waals surface area contributed by atoms with Crippen LogP contribution < -0.4 is 11.2 Å². The fourth-order valence-electron chi connectivity index (χ4n) is 1.62. The highest BCUT2D eigenvalue weighted by Crippen LogP contribution is 2.09. The lowest BCUT2D eigenvalue weighted by atomic mass is 10.2. The highest BCUT2D eigenvalue weighted by molar-refractivity contribution is 5.79. The average Bonchev–Trinajstić information content (AvgIpc) is 2.17. The topological polar surface area (TPSA) is 67.8 Å². The van der Waals surface area contributed by atoms with Gasteiger partial charge in [-0.2, -0.15) is 0 Å². The van der Waals surface area contributed by atoms with Gasteiger partial charge in [-0.25, -0.2) is 4.79 Å². The Morgan fingerprint density at radius 2 is 2.00 bits per heavy atom. The first-order chi connectivity index (χ1) is 7.00. The fourth-order valence-corrected chi connectivity index (χ4v) is 1.62. The molecule has 0 aliphatic rings. The van der Waals surface area contributed by atoms with E-state index in [-0.39, 0.29) is 5.56 Å². The molecule has 15 heavy (non-hydrogen) atoms. The van der Waals surface area contributed by atoms with Gasteiger partial charge in [-0.15, -0.1) is 0 Å². The molecule has 5 nitrogen and oxygen atoms in total. The fraction of sp³-hybridized carbons (Fsp3) is 0.300. The molecular formula is C10H11N3O2. The van der Waals surface area contributed by atoms with Crippen molar-refractivity contribution in [2.24, 2.45) is 7.05 Å². The second kappa shape index (κ2) is 3.05. The van der Waals surface area contributed by atoms with E-state index in [0.717, 1.165) is 10.3 Å². The molecule has 0 spiro atoms. The molecule has 0 radical (unpaired) electrons. The Kier molecular flexibility index (Phi) is 1.96. The Morgan fingerprint density at radius 1 is 1.33 bits per heavy atom. The smallest absolute Gasteiger partial charge is 0.305 e. The summed E-state index contributed by atoms with van der Waals surface area (Å²) < 4.78 is 1.06. The predicted octanol–water partition coefficient (Wildman–Crippen LogP) is 0.239. The first-order valence-corrected chi connectivity index (χ1v) is 4.58. The number of H-pyrrole nitrogens is 1. The third-order valence-corrected chi connectivity index (χ3v) is 2.40. The van der Waals surface area contributed by atoms with E-state index in [1.165, 1.54) is 7.05 Å². The maximum atomic E-state index is 11.8. The van der Waals surface area contributed by atoms with Crippen molar-refractivity contribution < 1.29 is 0 Å². The van der Waals surface area contributed by atoms with E-state index in [0.29, 0.717) is 16.6 Å². The van der Waals surface area contributed by atoms with Crippen LogP contribution in [0, 0.1) is 13.8 Å². The van der Waals surface area contributed by atoms with Crippen molar-refractivity contribution in [1.29, 1.82) is 0 Å². The summed E-state index contributed by atoms with van der Waals surface area (Å²) in [4.78, 5) is 30.0. The minimum absolute atomic E-state index is 0.289. The predicted molar refractivity (Wildman–Crippen MR) is 57.1 cm³/mol. The van der Waals surface area contributed by atoms with Crippen molar-refractivity contribution >= 4 is 10.9 Å². The van der Waals surface area contributed by atoms with Crippen LogP contribution in [0.3, 0.4) is 0 Å². The third kappa shape index (κ3) is 1.36. The standard InChI is InChI=1S/C10H11N3O2/c1-5-4-7-8(6(2)11-5)12-10(15)13(3)9(7)14/h4H,1-3H3,(H,12,15). The van der Waals surface area contributed by atoms with Gasteiger partial charge in [0.05, 0.1) is 16.6 Å². The van der Waals surface area contributed by atoms with Crippen molar-refractivity contribution in [2.75, 3.05) is 0 Å². The number of aromatic nitrogens is 3. The van der Waals surface area contributed by atoms with Gasteiger partial charge in [-0.05, 0) is 19.9 Å². The van der Waals surface area contributed by atoms with Gasteiger partial charge in [-0.1, -0.05) is 0 Å². The number of nitrogens with one attached hydrogen (secondary N) is 1. The highest BCUT2D eigenvalue weighted by atomic mass is 16.2. The number of nitrogens with zero attached hydrogens (tertiary/aromatic N) is 2. The summed E-state index contributed by atoms with van der Waals surface area (Å²) in [7, 11) is 1.45. The summed E-state index contributed by atoms with van der Waals surface area (Å²) in [5.74, 6) is 0. The average molecular weight is 205 g/mol. The maximum absolute atomic E-state index is 11.8. The van der Waals surface area contributed by atoms with Crippen LogP contribution >= 0.6 is 0 Å². The largest absolute Gasteiger partial charge is 0.328 e. The maximum Gasteiger partial charge on any atom is 0.328 e. The molecule has 1 N–H and O–H groups in total. The Labute approximate surface area is 85.4 Å². The van der Waals surface area contributed by atoms with Gasteiger partial charge in [0, 0.05) is 12.7 Å². The number of fused-ring (bicyclic) bond motifs is 1. The van der Waals surface area contributed by atoms with Crippen molar-refractivity contribution in [2.45, 2.75) is 13.8 Å². The molecule has 0 bridgehead atoms. The zero-order valence-electron chi connectivity index (χ0n) is 8.79. The van der Waals surface area contributed by atoms with Crippen molar-refractivity contribution in [3.05, 3.63) is 38.3 Å². The van der Waals surface area contributed by atoms with Crippen LogP contribution in [-0.2, 0) is 7.05 Å². The lowest BCUT2D eigenvalue weighted by Gasteiger charge is -2.04. The minimum Gasteiger partial charge on any atom is -0.305 e. The Morgan fingerprint density at radius 3 is 2.67 bits per heavy atom. The lowest BCUT2D eigenvalue weighted by Crippen LogP contribution is -2.32. The summed E-state index contributed by atoms with van der Waals surface area (Å²) in [6.07, 6.45) is 0. The molecule has 0 amide bonds. The van der Waals surface area contributed by atoms with Crippen LogP contribution in [-0.4, -0.2) is 14.5 Å². The second-order valence-corrected chi connectivity index (χ2v) is 3.57. The van der Waals surface area contributed by atoms with Crippen LogP contribution in [0.15, 0.2) is 15.7 Å². The molecule has 0 aromatic carbocycles. The molecule has 2 aromatic rings. The zero-order chi connectivity index (χ0) is 11.2. The Hall–Kier alpha value is -1.91. The van der Waals surface area contributed by atoms with Crippen LogP contribution in [0.5, 0.6) is 0 Å². The Balaban J connectivity index is 3.13. The molecule has 78 valence electrons. The molecule has 2 aromatic heterocycles. The lowest BCUT2D eigenvalue weighted by molar-refractivity contribution is 0.791. The second-order valence-electron chi connectivity index (χ2n) is 3.57. The van der Waals surface area contributed by atoms with Gasteiger partial charge in [-0.3, -0.25) is 14.3 Å². The van der Waals surface area contributed by atoms with Crippen LogP contribution in [0.1, 0.15) is 11.4 Å². The number of aromatic amines is 1. The van der Waals surface area contributed by atoms with Crippen LogP contribution in [0.2, 0.25) is 0 Å². The van der Waals surface area contributed by atoms with Gasteiger partial charge in [0.1, 0.15) is 0 Å². The molecule has 0 atom stereocenters. The normalized spacial score (nSPS) is 10.9. The molecule has 0 saturated heterocycles. The van der Waals surface area contributed by atoms with E-state index in [9.17, 15) is 9.59 Å². The molecule has 0 fully saturated rings. The third-order valence-electron chi connectivity index (χ3n) is 2.40. The quantitative estimate of drug-likeness (QED) is 0.669. The molecule has 2 rings (SSSR count). The van der Waals surface area contributed by atoms with Gasteiger partial charge in [0.2, 0.25) is 0 Å². The molecule has 0 unspecified atom stereocenters. The zero-order valence-corrected chi connectivity index (χ0v) is 8.79. The summed E-state index contributed by atoms with van der Waals surface area (Å²) in [6.45, 7) is 3.59. The minimum atomic E-state index is -0.416. The molecular weight excluding hydrogens is 194 g/mol. The molecule has 0 saturated carbocycles. The molecule has 0 aliphatic carbocycles. The van der Waals surface area contributed by atoms with E-state index in [1.54, 1.807) is 13.0 Å².